The van der Waals surface area contributed by atoms with Gasteiger partial charge >= 0.3 is 0 Å². The van der Waals surface area contributed by atoms with Crippen molar-refractivity contribution in [3.05, 3.63) is 45.1 Å². The molecule has 3 heterocycles. The second-order valence-electron chi connectivity index (χ2n) is 11.2. The fraction of sp³-hybridized carbons (Fsp3) is 0.538. The van der Waals surface area contributed by atoms with E-state index in [1.165, 1.54) is 45.2 Å². The van der Waals surface area contributed by atoms with E-state index in [0.717, 1.165) is 23.7 Å². The third-order valence-electron chi connectivity index (χ3n) is 9.28. The highest BCUT2D eigenvalue weighted by Gasteiger charge is 2.54. The molecular formula is C26H28S3. The molecule has 6 aliphatic carbocycles. The quantitative estimate of drug-likeness (QED) is 0.377. The fourth-order valence-corrected chi connectivity index (χ4v) is 11.0. The van der Waals surface area contributed by atoms with Gasteiger partial charge in [0, 0.05) is 29.3 Å². The van der Waals surface area contributed by atoms with Gasteiger partial charge < -0.3 is 0 Å². The molecule has 0 N–H and O–H groups in total. The summed E-state index contributed by atoms with van der Waals surface area (Å²) in [6, 6.07) is 9.83. The van der Waals surface area contributed by atoms with Crippen LogP contribution < -0.4 is 0 Å². The zero-order valence-corrected chi connectivity index (χ0v) is 20.1. The van der Waals surface area contributed by atoms with E-state index in [1.54, 1.807) is 20.9 Å². The largest absolute Gasteiger partial charge is 0.139 e. The molecule has 0 unspecified atom stereocenters. The summed E-state index contributed by atoms with van der Waals surface area (Å²) in [7, 11) is 0. The molecule has 0 radical (unpaired) electrons. The maximum atomic E-state index is 2.53. The molecule has 3 heteroatoms. The minimum atomic E-state index is 0.528. The minimum Gasteiger partial charge on any atom is -0.139 e. The van der Waals surface area contributed by atoms with Crippen molar-refractivity contribution in [3.8, 4) is 19.5 Å². The maximum Gasteiger partial charge on any atom is 0.0449 e. The van der Waals surface area contributed by atoms with Gasteiger partial charge in [0.25, 0.3) is 0 Å². The van der Waals surface area contributed by atoms with Gasteiger partial charge in [0.2, 0.25) is 0 Å². The van der Waals surface area contributed by atoms with Crippen molar-refractivity contribution in [1.29, 1.82) is 0 Å². The molecule has 6 aliphatic rings. The second kappa shape index (κ2) is 5.47. The summed E-state index contributed by atoms with van der Waals surface area (Å²) >= 11 is 6.20. The van der Waals surface area contributed by atoms with Crippen molar-refractivity contribution >= 4 is 34.0 Å². The first kappa shape index (κ1) is 17.7. The number of thiophene rings is 3. The molecule has 0 aromatic carbocycles. The van der Waals surface area contributed by atoms with Crippen LogP contribution in [0.1, 0.15) is 73.3 Å². The first-order valence-electron chi connectivity index (χ1n) is 11.2. The average Bonchev–Trinajstić information content (AvgIpc) is 3.42. The van der Waals surface area contributed by atoms with E-state index in [1.807, 2.05) is 11.3 Å². The van der Waals surface area contributed by atoms with Gasteiger partial charge in [-0.3, -0.25) is 0 Å². The molecular weight excluding hydrogens is 408 g/mol. The van der Waals surface area contributed by atoms with Crippen LogP contribution in [-0.4, -0.2) is 0 Å². The molecule has 2 fully saturated rings. The Morgan fingerprint density at radius 2 is 1.10 bits per heavy atom. The first-order chi connectivity index (χ1) is 13.8. The minimum absolute atomic E-state index is 0.528. The lowest BCUT2D eigenvalue weighted by molar-refractivity contribution is 0.0213. The molecule has 4 bridgehead atoms. The van der Waals surface area contributed by atoms with Crippen LogP contribution in [0.2, 0.25) is 0 Å². The lowest BCUT2D eigenvalue weighted by atomic mass is 9.49. The Morgan fingerprint density at radius 1 is 0.655 bits per heavy atom. The van der Waals surface area contributed by atoms with Crippen LogP contribution >= 0.6 is 34.0 Å². The molecule has 0 aliphatic heterocycles. The van der Waals surface area contributed by atoms with Crippen molar-refractivity contribution in [2.24, 2.45) is 22.7 Å². The third-order valence-corrected chi connectivity index (χ3v) is 13.3. The van der Waals surface area contributed by atoms with Gasteiger partial charge in [0.1, 0.15) is 0 Å². The molecule has 150 valence electrons. The molecule has 4 atom stereocenters. The monoisotopic (exact) mass is 436 g/mol. The Labute approximate surface area is 186 Å². The van der Waals surface area contributed by atoms with Crippen molar-refractivity contribution in [2.45, 2.75) is 65.2 Å². The Balaban J connectivity index is 1.22. The highest BCUT2D eigenvalue weighted by Crippen LogP contribution is 2.65. The van der Waals surface area contributed by atoms with E-state index in [9.17, 15) is 0 Å². The average molecular weight is 437 g/mol. The summed E-state index contributed by atoms with van der Waals surface area (Å²) < 4.78 is 0. The van der Waals surface area contributed by atoms with E-state index >= 15 is 0 Å². The van der Waals surface area contributed by atoms with Crippen LogP contribution in [0, 0.1) is 22.7 Å². The van der Waals surface area contributed by atoms with Crippen LogP contribution in [0.4, 0.5) is 0 Å². The van der Waals surface area contributed by atoms with Crippen LogP contribution in [-0.2, 0) is 12.8 Å². The normalized spacial score (nSPS) is 32.1. The van der Waals surface area contributed by atoms with Crippen LogP contribution in [0.25, 0.3) is 19.5 Å². The van der Waals surface area contributed by atoms with E-state index in [-0.39, 0.29) is 0 Å². The Bertz CT molecular complexity index is 1060. The topological polar surface area (TPSA) is 0 Å². The van der Waals surface area contributed by atoms with Crippen molar-refractivity contribution in [2.75, 3.05) is 0 Å². The van der Waals surface area contributed by atoms with E-state index < -0.39 is 0 Å². The molecule has 9 rings (SSSR count). The Hall–Kier alpha value is -0.900. The third kappa shape index (κ3) is 2.20. The van der Waals surface area contributed by atoms with E-state index in [4.69, 9.17) is 0 Å². The lowest BCUT2D eigenvalue weighted by Gasteiger charge is -2.56. The molecule has 0 spiro atoms. The predicted octanol–water partition coefficient (Wildman–Crippen LogP) is 8.58. The van der Waals surface area contributed by atoms with Crippen LogP contribution in [0.3, 0.4) is 0 Å². The van der Waals surface area contributed by atoms with E-state index in [2.05, 4.69) is 74.6 Å². The number of rotatable bonds is 2. The predicted molar refractivity (Wildman–Crippen MR) is 128 cm³/mol. The van der Waals surface area contributed by atoms with Gasteiger partial charge in [0.15, 0.2) is 0 Å². The molecule has 3 aromatic heterocycles. The molecule has 0 saturated heterocycles. The molecule has 0 nitrogen and oxygen atoms in total. The first-order valence-corrected chi connectivity index (χ1v) is 13.6. The summed E-state index contributed by atoms with van der Waals surface area (Å²) in [4.78, 5) is 9.39. The van der Waals surface area contributed by atoms with Crippen molar-refractivity contribution in [3.63, 3.8) is 0 Å². The number of hydrogen-bond donors (Lipinski definition) is 0. The fourth-order valence-electron chi connectivity index (χ4n) is 6.79. The summed E-state index contributed by atoms with van der Waals surface area (Å²) in [5.74, 6) is 3.45. The molecule has 29 heavy (non-hydrogen) atoms. The Kier molecular flexibility index (Phi) is 3.35. The van der Waals surface area contributed by atoms with Gasteiger partial charge in [-0.05, 0) is 95.6 Å². The van der Waals surface area contributed by atoms with Crippen LogP contribution in [0.5, 0.6) is 0 Å². The maximum absolute atomic E-state index is 2.53. The van der Waals surface area contributed by atoms with Gasteiger partial charge in [-0.1, -0.05) is 27.7 Å². The van der Waals surface area contributed by atoms with Crippen LogP contribution in [0.15, 0.2) is 24.3 Å². The summed E-state index contributed by atoms with van der Waals surface area (Å²) in [5.41, 5.74) is 4.38. The standard InChI is InChI=1S/C26H28S3/c1-25(2)15-7-13-9-21(28-23(13)17(25)11-15)19-5-6-20(27-19)22-10-14-8-16-12-18(24(14)29-22)26(16,3)4/h5-6,9-10,15-18H,7-8,11-12H2,1-4H3/t15-,16-,17-,18-/m0/s1. The number of hydrogen-bond acceptors (Lipinski definition) is 3. The van der Waals surface area contributed by atoms with E-state index in [0.29, 0.717) is 10.8 Å². The lowest BCUT2D eigenvalue weighted by Crippen LogP contribution is -2.47. The summed E-state index contributed by atoms with van der Waals surface area (Å²) in [6.07, 6.45) is 5.47. The highest BCUT2D eigenvalue weighted by molar-refractivity contribution is 7.26. The zero-order valence-electron chi connectivity index (χ0n) is 17.7. The van der Waals surface area contributed by atoms with Gasteiger partial charge in [-0.2, -0.15) is 0 Å². The Morgan fingerprint density at radius 3 is 1.52 bits per heavy atom. The van der Waals surface area contributed by atoms with Crippen molar-refractivity contribution in [1.82, 2.24) is 0 Å². The highest BCUT2D eigenvalue weighted by atomic mass is 32.1. The molecule has 3 aromatic rings. The van der Waals surface area contributed by atoms with Crippen molar-refractivity contribution < 1.29 is 0 Å². The summed E-state index contributed by atoms with van der Waals surface area (Å²) in [5, 5.41) is 0. The second-order valence-corrected chi connectivity index (χ2v) is 14.4. The van der Waals surface area contributed by atoms with Gasteiger partial charge in [-0.15, -0.1) is 34.0 Å². The molecule has 2 saturated carbocycles. The SMILES string of the molecule is CC1(C)[C@H]2Cc3cc(-c4ccc(-c5cc6c(s5)[C@@H]5C[C@H](C6)C5(C)C)s4)sc3[C@@H]1C2. The smallest absolute Gasteiger partial charge is 0.0449 e. The molecule has 0 amide bonds. The zero-order chi connectivity index (χ0) is 19.7. The van der Waals surface area contributed by atoms with Gasteiger partial charge in [0.05, 0.1) is 0 Å². The summed E-state index contributed by atoms with van der Waals surface area (Å²) in [6.45, 7) is 9.95. The van der Waals surface area contributed by atoms with Gasteiger partial charge in [-0.25, -0.2) is 0 Å².